The minimum Gasteiger partial charge on any atom is -0.354 e. The topological polar surface area (TPSA) is 29.1 Å². The van der Waals surface area contributed by atoms with Crippen molar-refractivity contribution in [1.29, 1.82) is 0 Å². The summed E-state index contributed by atoms with van der Waals surface area (Å²) in [5.74, 6) is 0.817. The van der Waals surface area contributed by atoms with Crippen LogP contribution in [0.4, 0.5) is 0 Å². The van der Waals surface area contributed by atoms with E-state index in [2.05, 4.69) is 19.2 Å². The predicted molar refractivity (Wildman–Crippen MR) is 61.7 cm³/mol. The van der Waals surface area contributed by atoms with Crippen LogP contribution < -0.4 is 5.32 Å². The minimum absolute atomic E-state index is 0.165. The van der Waals surface area contributed by atoms with Crippen molar-refractivity contribution in [3.05, 3.63) is 0 Å². The van der Waals surface area contributed by atoms with Gasteiger partial charge in [-0.3, -0.25) is 4.79 Å². The minimum atomic E-state index is 0.165. The third-order valence-electron chi connectivity index (χ3n) is 2.19. The maximum atomic E-state index is 11.3. The first-order valence-electron chi connectivity index (χ1n) is 5.56. The molecule has 2 nitrogen and oxygen atoms in total. The fourth-order valence-electron chi connectivity index (χ4n) is 1.31. The molecular weight excluding hydrogens is 198 g/mol. The molecule has 0 aromatic carbocycles. The van der Waals surface area contributed by atoms with Gasteiger partial charge < -0.3 is 5.32 Å². The molecule has 0 aromatic heterocycles. The Bertz CT molecular complexity index is 150. The van der Waals surface area contributed by atoms with Crippen molar-refractivity contribution in [3.8, 4) is 0 Å². The highest BCUT2D eigenvalue weighted by Crippen LogP contribution is 2.01. The number of unbranched alkanes of at least 4 members (excludes halogenated alkanes) is 2. The average molecular weight is 220 g/mol. The monoisotopic (exact) mass is 219 g/mol. The lowest BCUT2D eigenvalue weighted by atomic mass is 10.1. The Kier molecular flexibility index (Phi) is 9.16. The van der Waals surface area contributed by atoms with Crippen molar-refractivity contribution in [1.82, 2.24) is 5.32 Å². The Morgan fingerprint density at radius 3 is 2.64 bits per heavy atom. The van der Waals surface area contributed by atoms with Crippen molar-refractivity contribution in [2.45, 2.75) is 58.4 Å². The van der Waals surface area contributed by atoms with Gasteiger partial charge in [0, 0.05) is 18.3 Å². The van der Waals surface area contributed by atoms with E-state index in [9.17, 15) is 4.79 Å². The predicted octanol–water partition coefficient (Wildman–Crippen LogP) is 3.09. The Hall–Kier alpha value is -0.240. The zero-order valence-corrected chi connectivity index (χ0v) is 10.1. The molecule has 1 N–H and O–H groups in total. The van der Waals surface area contributed by atoms with E-state index in [4.69, 9.17) is 11.6 Å². The number of carbonyl (C=O) groups excluding carboxylic acids is 1. The summed E-state index contributed by atoms with van der Waals surface area (Å²) < 4.78 is 0. The first-order chi connectivity index (χ1) is 6.70. The van der Waals surface area contributed by atoms with Crippen LogP contribution in [0.2, 0.25) is 0 Å². The van der Waals surface area contributed by atoms with Crippen LogP contribution in [0.3, 0.4) is 0 Å². The summed E-state index contributed by atoms with van der Waals surface area (Å²) >= 11 is 5.53. The molecule has 0 aliphatic rings. The second kappa shape index (κ2) is 9.32. The molecule has 1 atom stereocenters. The van der Waals surface area contributed by atoms with E-state index in [1.807, 2.05) is 0 Å². The maximum absolute atomic E-state index is 11.3. The summed E-state index contributed by atoms with van der Waals surface area (Å²) in [5.41, 5.74) is 0. The Morgan fingerprint density at radius 2 is 2.07 bits per heavy atom. The molecule has 0 aromatic rings. The number of rotatable bonds is 8. The quantitative estimate of drug-likeness (QED) is 0.493. The number of halogens is 1. The molecule has 3 heteroatoms. The van der Waals surface area contributed by atoms with Crippen molar-refractivity contribution in [3.63, 3.8) is 0 Å². The van der Waals surface area contributed by atoms with E-state index in [0.717, 1.165) is 19.3 Å². The van der Waals surface area contributed by atoms with Crippen LogP contribution in [0.5, 0.6) is 0 Å². The van der Waals surface area contributed by atoms with Gasteiger partial charge in [0.1, 0.15) is 0 Å². The summed E-state index contributed by atoms with van der Waals surface area (Å²) in [5, 5.41) is 2.99. The van der Waals surface area contributed by atoms with Crippen molar-refractivity contribution in [2.75, 3.05) is 5.88 Å². The van der Waals surface area contributed by atoms with Gasteiger partial charge >= 0.3 is 0 Å². The molecule has 0 fully saturated rings. The van der Waals surface area contributed by atoms with Gasteiger partial charge in [-0.05, 0) is 26.2 Å². The zero-order chi connectivity index (χ0) is 10.8. The van der Waals surface area contributed by atoms with E-state index < -0.39 is 0 Å². The van der Waals surface area contributed by atoms with Gasteiger partial charge in [0.2, 0.25) is 5.91 Å². The van der Waals surface area contributed by atoms with E-state index in [0.29, 0.717) is 18.3 Å². The lowest BCUT2D eigenvalue weighted by molar-refractivity contribution is -0.121. The lowest BCUT2D eigenvalue weighted by Gasteiger charge is -2.12. The van der Waals surface area contributed by atoms with E-state index in [1.54, 1.807) is 0 Å². The molecule has 14 heavy (non-hydrogen) atoms. The highest BCUT2D eigenvalue weighted by Gasteiger charge is 2.05. The third kappa shape index (κ3) is 8.36. The zero-order valence-electron chi connectivity index (χ0n) is 9.31. The van der Waals surface area contributed by atoms with Crippen LogP contribution in [-0.4, -0.2) is 17.8 Å². The highest BCUT2D eigenvalue weighted by atomic mass is 35.5. The number of carbonyl (C=O) groups is 1. The van der Waals surface area contributed by atoms with E-state index >= 15 is 0 Å². The van der Waals surface area contributed by atoms with Gasteiger partial charge in [0.15, 0.2) is 0 Å². The van der Waals surface area contributed by atoms with E-state index in [-0.39, 0.29) is 5.91 Å². The van der Waals surface area contributed by atoms with Crippen LogP contribution in [-0.2, 0) is 4.79 Å². The summed E-state index contributed by atoms with van der Waals surface area (Å²) in [7, 11) is 0. The number of alkyl halides is 1. The Balaban J connectivity index is 3.40. The van der Waals surface area contributed by atoms with Crippen LogP contribution in [0.25, 0.3) is 0 Å². The Labute approximate surface area is 92.4 Å². The second-order valence-electron chi connectivity index (χ2n) is 3.76. The molecule has 0 aliphatic heterocycles. The number of nitrogens with one attached hydrogen (secondary N) is 1. The number of amides is 1. The molecule has 0 spiro atoms. The normalized spacial score (nSPS) is 12.5. The summed E-state index contributed by atoms with van der Waals surface area (Å²) in [6.07, 6.45) is 5.89. The van der Waals surface area contributed by atoms with Gasteiger partial charge in [0.25, 0.3) is 0 Å². The fraction of sp³-hybridized carbons (Fsp3) is 0.909. The van der Waals surface area contributed by atoms with Crippen LogP contribution in [0, 0.1) is 0 Å². The van der Waals surface area contributed by atoms with Gasteiger partial charge in [0.05, 0.1) is 0 Å². The van der Waals surface area contributed by atoms with E-state index in [1.165, 1.54) is 12.8 Å². The van der Waals surface area contributed by atoms with Crippen molar-refractivity contribution < 1.29 is 4.79 Å². The fourth-order valence-corrected chi connectivity index (χ4v) is 1.50. The molecule has 0 saturated carbocycles. The third-order valence-corrected chi connectivity index (χ3v) is 2.45. The van der Waals surface area contributed by atoms with Gasteiger partial charge in [-0.25, -0.2) is 0 Å². The molecule has 1 amide bonds. The average Bonchev–Trinajstić information content (AvgIpc) is 2.15. The second-order valence-corrected chi connectivity index (χ2v) is 4.13. The summed E-state index contributed by atoms with van der Waals surface area (Å²) in [6.45, 7) is 4.23. The van der Waals surface area contributed by atoms with Gasteiger partial charge in [-0.2, -0.15) is 0 Å². The van der Waals surface area contributed by atoms with Crippen LogP contribution in [0.15, 0.2) is 0 Å². The van der Waals surface area contributed by atoms with Gasteiger partial charge in [-0.15, -0.1) is 11.6 Å². The molecule has 0 rings (SSSR count). The van der Waals surface area contributed by atoms with Gasteiger partial charge in [-0.1, -0.05) is 19.8 Å². The lowest BCUT2D eigenvalue weighted by Crippen LogP contribution is -2.32. The maximum Gasteiger partial charge on any atom is 0.220 e. The smallest absolute Gasteiger partial charge is 0.220 e. The standard InChI is InChI=1S/C11H22ClNO/c1-3-4-7-10(2)13-11(14)8-5-6-9-12/h10H,3-9H2,1-2H3,(H,13,14). The number of hydrogen-bond acceptors (Lipinski definition) is 1. The molecule has 0 saturated heterocycles. The molecule has 1 unspecified atom stereocenters. The highest BCUT2D eigenvalue weighted by molar-refractivity contribution is 6.17. The summed E-state index contributed by atoms with van der Waals surface area (Å²) in [4.78, 5) is 11.3. The largest absolute Gasteiger partial charge is 0.354 e. The molecular formula is C11H22ClNO. The SMILES string of the molecule is CCCCC(C)NC(=O)CCCCCl. The summed E-state index contributed by atoms with van der Waals surface area (Å²) in [6, 6.07) is 0.318. The molecule has 0 heterocycles. The molecule has 0 bridgehead atoms. The first-order valence-corrected chi connectivity index (χ1v) is 6.09. The molecule has 0 radical (unpaired) electrons. The molecule has 84 valence electrons. The van der Waals surface area contributed by atoms with Crippen LogP contribution >= 0.6 is 11.6 Å². The Morgan fingerprint density at radius 1 is 1.36 bits per heavy atom. The van der Waals surface area contributed by atoms with Crippen LogP contribution in [0.1, 0.15) is 52.4 Å². The van der Waals surface area contributed by atoms with Crippen molar-refractivity contribution in [2.24, 2.45) is 0 Å². The first kappa shape index (κ1) is 13.8. The number of hydrogen-bond donors (Lipinski definition) is 1. The molecule has 0 aliphatic carbocycles. The van der Waals surface area contributed by atoms with Crippen molar-refractivity contribution >= 4 is 17.5 Å².